The molecule has 1 spiro atoms. The molecule has 3 rings (SSSR count). The lowest BCUT2D eigenvalue weighted by atomic mass is 9.78. The van der Waals surface area contributed by atoms with Crippen molar-refractivity contribution in [1.29, 1.82) is 0 Å². The van der Waals surface area contributed by atoms with E-state index in [2.05, 4.69) is 35.3 Å². The maximum Gasteiger partial charge on any atom is 0.0409 e. The lowest BCUT2D eigenvalue weighted by Crippen LogP contribution is -2.62. The highest BCUT2D eigenvalue weighted by molar-refractivity contribution is 6.30. The minimum Gasteiger partial charge on any atom is -0.314 e. The summed E-state index contributed by atoms with van der Waals surface area (Å²) in [5, 5.41) is 4.47. The first-order chi connectivity index (χ1) is 9.71. The molecule has 1 aromatic carbocycles. The van der Waals surface area contributed by atoms with Gasteiger partial charge in [0.05, 0.1) is 0 Å². The van der Waals surface area contributed by atoms with E-state index in [-0.39, 0.29) is 0 Å². The van der Waals surface area contributed by atoms with Gasteiger partial charge in [0.1, 0.15) is 0 Å². The van der Waals surface area contributed by atoms with Crippen molar-refractivity contribution >= 4 is 11.6 Å². The van der Waals surface area contributed by atoms with Crippen molar-refractivity contribution in [3.05, 3.63) is 34.9 Å². The molecule has 2 nitrogen and oxygen atoms in total. The van der Waals surface area contributed by atoms with Crippen molar-refractivity contribution in [2.24, 2.45) is 0 Å². The van der Waals surface area contributed by atoms with Gasteiger partial charge in [0.2, 0.25) is 0 Å². The van der Waals surface area contributed by atoms with Crippen molar-refractivity contribution in [2.75, 3.05) is 19.6 Å². The Morgan fingerprint density at radius 2 is 2.05 bits per heavy atom. The molecular formula is C17H25ClN2. The van der Waals surface area contributed by atoms with E-state index in [1.165, 1.54) is 37.7 Å². The second kappa shape index (κ2) is 6.05. The lowest BCUT2D eigenvalue weighted by molar-refractivity contribution is -0.00278. The second-order valence-electron chi connectivity index (χ2n) is 6.39. The van der Waals surface area contributed by atoms with Gasteiger partial charge in [0.25, 0.3) is 0 Å². The standard InChI is InChI=1S/C17H25ClN2/c1-14(15-6-5-7-16(18)12-15)20-11-10-19-13-17(20)8-3-2-4-9-17/h5-7,12,14,19H,2-4,8-11,13H2,1H3. The van der Waals surface area contributed by atoms with Gasteiger partial charge in [-0.25, -0.2) is 0 Å². The van der Waals surface area contributed by atoms with Crippen molar-refractivity contribution in [3.63, 3.8) is 0 Å². The highest BCUT2D eigenvalue weighted by Gasteiger charge is 2.41. The Labute approximate surface area is 127 Å². The monoisotopic (exact) mass is 292 g/mol. The molecule has 1 saturated carbocycles. The first-order valence-electron chi connectivity index (χ1n) is 7.94. The molecule has 1 atom stereocenters. The molecular weight excluding hydrogens is 268 g/mol. The number of piperazine rings is 1. The zero-order chi connectivity index (χ0) is 14.0. The summed E-state index contributed by atoms with van der Waals surface area (Å²) in [5.74, 6) is 0. The quantitative estimate of drug-likeness (QED) is 0.886. The Kier molecular flexibility index (Phi) is 4.34. The number of hydrogen-bond acceptors (Lipinski definition) is 2. The van der Waals surface area contributed by atoms with Crippen molar-refractivity contribution in [2.45, 2.75) is 50.6 Å². The van der Waals surface area contributed by atoms with Gasteiger partial charge in [-0.3, -0.25) is 4.90 Å². The molecule has 1 aliphatic heterocycles. The lowest BCUT2D eigenvalue weighted by Gasteiger charge is -2.52. The predicted octanol–water partition coefficient (Wildman–Crippen LogP) is 4.01. The van der Waals surface area contributed by atoms with Crippen molar-refractivity contribution in [3.8, 4) is 0 Å². The zero-order valence-corrected chi connectivity index (χ0v) is 13.1. The van der Waals surface area contributed by atoms with Gasteiger partial charge < -0.3 is 5.32 Å². The van der Waals surface area contributed by atoms with E-state index in [1.54, 1.807) is 0 Å². The molecule has 2 fully saturated rings. The highest BCUT2D eigenvalue weighted by Crippen LogP contribution is 2.39. The summed E-state index contributed by atoms with van der Waals surface area (Å²) in [5.41, 5.74) is 1.72. The van der Waals surface area contributed by atoms with Crippen LogP contribution in [0, 0.1) is 0 Å². The Hall–Kier alpha value is -0.570. The van der Waals surface area contributed by atoms with Gasteiger partial charge in [-0.15, -0.1) is 0 Å². The molecule has 0 radical (unpaired) electrons. The van der Waals surface area contributed by atoms with Gasteiger partial charge in [-0.2, -0.15) is 0 Å². The van der Waals surface area contributed by atoms with Gasteiger partial charge in [0, 0.05) is 36.2 Å². The molecule has 110 valence electrons. The fourth-order valence-corrected chi connectivity index (χ4v) is 4.28. The molecule has 1 aliphatic carbocycles. The average Bonchev–Trinajstić information content (AvgIpc) is 2.48. The maximum absolute atomic E-state index is 6.17. The average molecular weight is 293 g/mol. The second-order valence-corrected chi connectivity index (χ2v) is 6.82. The summed E-state index contributed by atoms with van der Waals surface area (Å²) in [6.45, 7) is 5.74. The van der Waals surface area contributed by atoms with E-state index in [4.69, 9.17) is 11.6 Å². The molecule has 1 saturated heterocycles. The van der Waals surface area contributed by atoms with E-state index < -0.39 is 0 Å². The van der Waals surface area contributed by atoms with Crippen LogP contribution in [-0.2, 0) is 0 Å². The largest absolute Gasteiger partial charge is 0.314 e. The van der Waals surface area contributed by atoms with Crippen LogP contribution in [0.1, 0.15) is 50.6 Å². The zero-order valence-electron chi connectivity index (χ0n) is 12.4. The van der Waals surface area contributed by atoms with E-state index in [0.717, 1.165) is 24.7 Å². The summed E-state index contributed by atoms with van der Waals surface area (Å²) in [6.07, 6.45) is 6.83. The minimum absolute atomic E-state index is 0.373. The smallest absolute Gasteiger partial charge is 0.0409 e. The first-order valence-corrected chi connectivity index (χ1v) is 8.32. The Morgan fingerprint density at radius 1 is 1.25 bits per heavy atom. The number of halogens is 1. The molecule has 20 heavy (non-hydrogen) atoms. The van der Waals surface area contributed by atoms with Crippen LogP contribution in [0.15, 0.2) is 24.3 Å². The molecule has 0 amide bonds. The number of benzene rings is 1. The summed E-state index contributed by atoms with van der Waals surface area (Å²) in [6, 6.07) is 8.84. The van der Waals surface area contributed by atoms with Crippen molar-refractivity contribution < 1.29 is 0 Å². The topological polar surface area (TPSA) is 15.3 Å². The van der Waals surface area contributed by atoms with Crippen LogP contribution in [-0.4, -0.2) is 30.1 Å². The number of rotatable bonds is 2. The number of nitrogens with one attached hydrogen (secondary N) is 1. The molecule has 1 N–H and O–H groups in total. The summed E-state index contributed by atoms with van der Waals surface area (Å²) >= 11 is 6.17. The normalized spacial score (nSPS) is 24.7. The van der Waals surface area contributed by atoms with Crippen LogP contribution >= 0.6 is 11.6 Å². The third kappa shape index (κ3) is 2.74. The third-order valence-corrected chi connectivity index (χ3v) is 5.41. The maximum atomic E-state index is 6.17. The predicted molar refractivity (Wildman–Crippen MR) is 85.3 cm³/mol. The van der Waals surface area contributed by atoms with Crippen molar-refractivity contribution in [1.82, 2.24) is 10.2 Å². The van der Waals surface area contributed by atoms with Crippen LogP contribution in [0.25, 0.3) is 0 Å². The van der Waals surface area contributed by atoms with Crippen LogP contribution in [0.3, 0.4) is 0 Å². The van der Waals surface area contributed by atoms with Gasteiger partial charge in [-0.05, 0) is 37.5 Å². The summed E-state index contributed by atoms with van der Waals surface area (Å²) in [4.78, 5) is 2.74. The van der Waals surface area contributed by atoms with E-state index in [9.17, 15) is 0 Å². The molecule has 0 aromatic heterocycles. The molecule has 0 bridgehead atoms. The molecule has 1 aromatic rings. The third-order valence-electron chi connectivity index (χ3n) is 5.18. The Balaban J connectivity index is 1.85. The number of nitrogens with zero attached hydrogens (tertiary/aromatic N) is 1. The Bertz CT molecular complexity index is 446. The van der Waals surface area contributed by atoms with E-state index in [1.807, 2.05) is 6.07 Å². The van der Waals surface area contributed by atoms with E-state index >= 15 is 0 Å². The Morgan fingerprint density at radius 3 is 2.80 bits per heavy atom. The van der Waals surface area contributed by atoms with Crippen LogP contribution in [0.4, 0.5) is 0 Å². The number of hydrogen-bond donors (Lipinski definition) is 1. The van der Waals surface area contributed by atoms with E-state index in [0.29, 0.717) is 11.6 Å². The molecule has 2 aliphatic rings. The van der Waals surface area contributed by atoms with Gasteiger partial charge >= 0.3 is 0 Å². The minimum atomic E-state index is 0.373. The summed E-state index contributed by atoms with van der Waals surface area (Å²) < 4.78 is 0. The fraction of sp³-hybridized carbons (Fsp3) is 0.647. The van der Waals surface area contributed by atoms with Crippen LogP contribution in [0.2, 0.25) is 5.02 Å². The highest BCUT2D eigenvalue weighted by atomic mass is 35.5. The molecule has 1 heterocycles. The molecule has 3 heteroatoms. The van der Waals surface area contributed by atoms with Crippen LogP contribution < -0.4 is 5.32 Å². The van der Waals surface area contributed by atoms with Gasteiger partial charge in [-0.1, -0.05) is 43.0 Å². The SMILES string of the molecule is CC(c1cccc(Cl)c1)N1CCNCC12CCCCC2. The van der Waals surface area contributed by atoms with Crippen LogP contribution in [0.5, 0.6) is 0 Å². The van der Waals surface area contributed by atoms with Gasteiger partial charge in [0.15, 0.2) is 0 Å². The first kappa shape index (κ1) is 14.4. The molecule has 1 unspecified atom stereocenters. The summed E-state index contributed by atoms with van der Waals surface area (Å²) in [7, 11) is 0. The fourth-order valence-electron chi connectivity index (χ4n) is 4.08.